The van der Waals surface area contributed by atoms with Gasteiger partial charge in [0.05, 0.1) is 5.56 Å². The molecule has 1 amide bonds. The summed E-state index contributed by atoms with van der Waals surface area (Å²) in [6.45, 7) is 2.92. The van der Waals surface area contributed by atoms with Gasteiger partial charge in [0.25, 0.3) is 5.91 Å². The molecular weight excluding hydrogens is 378 g/mol. The number of pyridine rings is 1. The third-order valence-electron chi connectivity index (χ3n) is 5.30. The van der Waals surface area contributed by atoms with Gasteiger partial charge in [0.2, 0.25) is 0 Å². The van der Waals surface area contributed by atoms with Crippen LogP contribution >= 0.6 is 11.6 Å². The fourth-order valence-electron chi connectivity index (χ4n) is 3.60. The highest BCUT2D eigenvalue weighted by Crippen LogP contribution is 2.38. The molecular formula is C19H20ClN7O. The van der Waals surface area contributed by atoms with Crippen molar-refractivity contribution in [1.29, 1.82) is 0 Å². The summed E-state index contributed by atoms with van der Waals surface area (Å²) in [6.07, 6.45) is 4.73. The fourth-order valence-corrected chi connectivity index (χ4v) is 3.71. The van der Waals surface area contributed by atoms with Crippen molar-refractivity contribution in [1.82, 2.24) is 29.7 Å². The van der Waals surface area contributed by atoms with Crippen LogP contribution in [0.2, 0.25) is 5.15 Å². The average Bonchev–Trinajstić information content (AvgIpc) is 3.51. The fraction of sp³-hybridized carbons (Fsp3) is 0.421. The second-order valence-corrected chi connectivity index (χ2v) is 7.68. The molecule has 4 heterocycles. The highest BCUT2D eigenvalue weighted by molar-refractivity contribution is 6.29. The predicted octanol–water partition coefficient (Wildman–Crippen LogP) is 2.40. The summed E-state index contributed by atoms with van der Waals surface area (Å²) in [6, 6.07) is 7.33. The van der Waals surface area contributed by atoms with E-state index in [0.29, 0.717) is 29.7 Å². The van der Waals surface area contributed by atoms with Gasteiger partial charge in [0.1, 0.15) is 11.0 Å². The average molecular weight is 398 g/mol. The number of carbonyl (C=O) groups is 1. The SMILES string of the molecule is O=C(c1ccc(Cl)nc1)N1CCCN(c2ccc3nnc(C4CC4)n3n2)CC1. The van der Waals surface area contributed by atoms with Crippen molar-refractivity contribution in [3.05, 3.63) is 47.0 Å². The standard InChI is InChI=1S/C19H20ClN7O/c20-15-5-4-14(12-21-15)19(28)26-9-1-8-25(10-11-26)17-7-6-16-22-23-18(13-2-3-13)27(16)24-17/h4-7,12-13H,1-3,8-11H2. The van der Waals surface area contributed by atoms with Gasteiger partial charge >= 0.3 is 0 Å². The summed E-state index contributed by atoms with van der Waals surface area (Å²) in [5.41, 5.74) is 1.35. The van der Waals surface area contributed by atoms with E-state index in [1.54, 1.807) is 12.1 Å². The molecule has 28 heavy (non-hydrogen) atoms. The van der Waals surface area contributed by atoms with E-state index in [1.165, 1.54) is 6.20 Å². The maximum atomic E-state index is 12.8. The molecule has 2 fully saturated rings. The molecule has 1 saturated heterocycles. The van der Waals surface area contributed by atoms with Crippen molar-refractivity contribution in [3.8, 4) is 0 Å². The normalized spacial score (nSPS) is 17.8. The Balaban J connectivity index is 1.33. The Morgan fingerprint density at radius 3 is 2.71 bits per heavy atom. The quantitative estimate of drug-likeness (QED) is 0.631. The molecule has 0 unspecified atom stereocenters. The van der Waals surface area contributed by atoms with Crippen LogP contribution in [0.15, 0.2) is 30.5 Å². The van der Waals surface area contributed by atoms with Gasteiger partial charge in [-0.3, -0.25) is 4.79 Å². The molecule has 0 bridgehead atoms. The number of carbonyl (C=O) groups excluding carboxylic acids is 1. The molecule has 1 aliphatic carbocycles. The third kappa shape index (κ3) is 3.28. The van der Waals surface area contributed by atoms with Gasteiger partial charge in [0, 0.05) is 38.3 Å². The molecule has 0 spiro atoms. The van der Waals surface area contributed by atoms with E-state index in [-0.39, 0.29) is 5.91 Å². The number of hydrogen-bond acceptors (Lipinski definition) is 6. The number of rotatable bonds is 3. The maximum absolute atomic E-state index is 12.8. The number of halogens is 1. The lowest BCUT2D eigenvalue weighted by molar-refractivity contribution is 0.0766. The predicted molar refractivity (Wildman–Crippen MR) is 105 cm³/mol. The van der Waals surface area contributed by atoms with Crippen molar-refractivity contribution in [3.63, 3.8) is 0 Å². The first-order chi connectivity index (χ1) is 13.7. The van der Waals surface area contributed by atoms with Crippen LogP contribution in [0.25, 0.3) is 5.65 Å². The molecule has 9 heteroatoms. The van der Waals surface area contributed by atoms with Crippen molar-refractivity contribution in [2.45, 2.75) is 25.2 Å². The Morgan fingerprint density at radius 1 is 1.04 bits per heavy atom. The molecule has 1 aliphatic heterocycles. The first-order valence-corrected chi connectivity index (χ1v) is 9.95. The summed E-state index contributed by atoms with van der Waals surface area (Å²) >= 11 is 5.82. The monoisotopic (exact) mass is 397 g/mol. The van der Waals surface area contributed by atoms with Gasteiger partial charge in [0.15, 0.2) is 11.5 Å². The first-order valence-electron chi connectivity index (χ1n) is 9.57. The number of fused-ring (bicyclic) bond motifs is 1. The van der Waals surface area contributed by atoms with Gasteiger partial charge in [-0.15, -0.1) is 15.3 Å². The van der Waals surface area contributed by atoms with Crippen LogP contribution in [0, 0.1) is 0 Å². The lowest BCUT2D eigenvalue weighted by atomic mass is 10.2. The van der Waals surface area contributed by atoms with Gasteiger partial charge in [-0.05, 0) is 43.5 Å². The van der Waals surface area contributed by atoms with Crippen molar-refractivity contribution in [2.75, 3.05) is 31.1 Å². The number of anilines is 1. The molecule has 5 rings (SSSR count). The van der Waals surface area contributed by atoms with E-state index in [4.69, 9.17) is 16.7 Å². The van der Waals surface area contributed by atoms with E-state index >= 15 is 0 Å². The van der Waals surface area contributed by atoms with E-state index in [0.717, 1.165) is 49.6 Å². The molecule has 144 valence electrons. The highest BCUT2D eigenvalue weighted by Gasteiger charge is 2.29. The third-order valence-corrected chi connectivity index (χ3v) is 5.52. The summed E-state index contributed by atoms with van der Waals surface area (Å²) in [4.78, 5) is 20.9. The van der Waals surface area contributed by atoms with Crippen molar-refractivity contribution in [2.24, 2.45) is 0 Å². The summed E-state index contributed by atoms with van der Waals surface area (Å²) < 4.78 is 1.88. The Labute approximate surface area is 167 Å². The maximum Gasteiger partial charge on any atom is 0.255 e. The van der Waals surface area contributed by atoms with E-state index in [9.17, 15) is 4.79 Å². The zero-order valence-corrected chi connectivity index (χ0v) is 16.1. The van der Waals surface area contributed by atoms with Crippen LogP contribution in [-0.2, 0) is 0 Å². The van der Waals surface area contributed by atoms with E-state index < -0.39 is 0 Å². The van der Waals surface area contributed by atoms with Crippen LogP contribution in [-0.4, -0.2) is 61.8 Å². The van der Waals surface area contributed by atoms with Crippen LogP contribution < -0.4 is 4.90 Å². The zero-order valence-electron chi connectivity index (χ0n) is 15.3. The molecule has 3 aromatic heterocycles. The second-order valence-electron chi connectivity index (χ2n) is 7.30. The largest absolute Gasteiger partial charge is 0.353 e. The Hall–Kier alpha value is -2.74. The minimum Gasteiger partial charge on any atom is -0.353 e. The van der Waals surface area contributed by atoms with Crippen molar-refractivity contribution < 1.29 is 4.79 Å². The summed E-state index contributed by atoms with van der Waals surface area (Å²) in [7, 11) is 0. The topological polar surface area (TPSA) is 79.5 Å². The second kappa shape index (κ2) is 7.01. The smallest absolute Gasteiger partial charge is 0.255 e. The zero-order chi connectivity index (χ0) is 19.1. The van der Waals surface area contributed by atoms with Gasteiger partial charge in [-0.1, -0.05) is 11.6 Å². The first kappa shape index (κ1) is 17.4. The molecule has 0 N–H and O–H groups in total. The molecule has 3 aromatic rings. The number of amides is 1. The Morgan fingerprint density at radius 2 is 1.93 bits per heavy atom. The van der Waals surface area contributed by atoms with Gasteiger partial charge < -0.3 is 9.80 Å². The molecule has 0 aromatic carbocycles. The summed E-state index contributed by atoms with van der Waals surface area (Å²) in [5.74, 6) is 2.34. The minimum atomic E-state index is -0.00995. The van der Waals surface area contributed by atoms with Crippen molar-refractivity contribution >= 4 is 29.0 Å². The van der Waals surface area contributed by atoms with Crippen LogP contribution in [0.5, 0.6) is 0 Å². The Bertz CT molecular complexity index is 1010. The highest BCUT2D eigenvalue weighted by atomic mass is 35.5. The van der Waals surface area contributed by atoms with Crippen LogP contribution in [0.3, 0.4) is 0 Å². The van der Waals surface area contributed by atoms with Gasteiger partial charge in [-0.25, -0.2) is 4.98 Å². The Kier molecular flexibility index (Phi) is 4.35. The van der Waals surface area contributed by atoms with Crippen LogP contribution in [0.4, 0.5) is 5.82 Å². The molecule has 0 radical (unpaired) electrons. The number of aromatic nitrogens is 5. The minimum absolute atomic E-state index is 0.00995. The van der Waals surface area contributed by atoms with Crippen LogP contribution in [0.1, 0.15) is 41.4 Å². The molecule has 0 atom stereocenters. The van der Waals surface area contributed by atoms with Gasteiger partial charge in [-0.2, -0.15) is 4.52 Å². The van der Waals surface area contributed by atoms with E-state index in [2.05, 4.69) is 20.1 Å². The molecule has 8 nitrogen and oxygen atoms in total. The lowest BCUT2D eigenvalue weighted by Gasteiger charge is -2.22. The van der Waals surface area contributed by atoms with E-state index in [1.807, 2.05) is 21.5 Å². The summed E-state index contributed by atoms with van der Waals surface area (Å²) in [5, 5.41) is 13.7. The number of nitrogens with zero attached hydrogens (tertiary/aromatic N) is 7. The molecule has 1 saturated carbocycles. The molecule has 2 aliphatic rings. The number of hydrogen-bond donors (Lipinski definition) is 0. The lowest BCUT2D eigenvalue weighted by Crippen LogP contribution is -2.35.